The summed E-state index contributed by atoms with van der Waals surface area (Å²) in [6.07, 6.45) is 2.28. The molecule has 23 heavy (non-hydrogen) atoms. The lowest BCUT2D eigenvalue weighted by Crippen LogP contribution is -2.31. The summed E-state index contributed by atoms with van der Waals surface area (Å²) >= 11 is 0. The van der Waals surface area contributed by atoms with Gasteiger partial charge in [-0.15, -0.1) is 0 Å². The van der Waals surface area contributed by atoms with E-state index >= 15 is 0 Å². The van der Waals surface area contributed by atoms with E-state index in [0.29, 0.717) is 23.7 Å². The van der Waals surface area contributed by atoms with E-state index in [9.17, 15) is 0 Å². The SMILES string of the molecule is Nc1cc2c3c(c1)C1C4c5cc(N)cc(c5-3)C(C2)C2CCOC214. The summed E-state index contributed by atoms with van der Waals surface area (Å²) in [7, 11) is 0. The van der Waals surface area contributed by atoms with Crippen molar-refractivity contribution in [3.05, 3.63) is 46.5 Å². The Labute approximate surface area is 134 Å². The number of nitrogens with two attached hydrogens (primary N) is 2. The molecule has 4 N–H and O–H groups in total. The molecule has 1 aliphatic heterocycles. The van der Waals surface area contributed by atoms with Crippen molar-refractivity contribution < 1.29 is 4.74 Å². The quantitative estimate of drug-likeness (QED) is 0.735. The van der Waals surface area contributed by atoms with Crippen LogP contribution in [0.4, 0.5) is 11.4 Å². The highest BCUT2D eigenvalue weighted by Gasteiger charge is 2.77. The first-order chi connectivity index (χ1) is 11.2. The van der Waals surface area contributed by atoms with E-state index in [2.05, 4.69) is 24.3 Å². The van der Waals surface area contributed by atoms with Crippen LogP contribution in [-0.2, 0) is 11.2 Å². The lowest BCUT2D eigenvalue weighted by molar-refractivity contribution is 0.0512. The van der Waals surface area contributed by atoms with Gasteiger partial charge in [-0.3, -0.25) is 0 Å². The zero-order chi connectivity index (χ0) is 15.1. The average molecular weight is 302 g/mol. The maximum Gasteiger partial charge on any atom is 0.0867 e. The van der Waals surface area contributed by atoms with Crippen LogP contribution in [0.1, 0.15) is 46.4 Å². The highest BCUT2D eigenvalue weighted by atomic mass is 16.5. The van der Waals surface area contributed by atoms with Crippen molar-refractivity contribution in [2.75, 3.05) is 18.1 Å². The molecule has 2 fully saturated rings. The largest absolute Gasteiger partial charge is 0.399 e. The van der Waals surface area contributed by atoms with Gasteiger partial charge >= 0.3 is 0 Å². The normalized spacial score (nSPS) is 39.1. The van der Waals surface area contributed by atoms with E-state index in [4.69, 9.17) is 16.2 Å². The van der Waals surface area contributed by atoms with Crippen molar-refractivity contribution in [3.63, 3.8) is 0 Å². The van der Waals surface area contributed by atoms with Gasteiger partial charge in [0.15, 0.2) is 0 Å². The van der Waals surface area contributed by atoms with Gasteiger partial charge in [0, 0.05) is 29.8 Å². The highest BCUT2D eigenvalue weighted by Crippen LogP contribution is 2.80. The molecule has 4 aliphatic carbocycles. The molecule has 1 spiro atoms. The first-order valence-corrected chi connectivity index (χ1v) is 8.70. The molecule has 2 aromatic carbocycles. The molecule has 7 rings (SSSR count). The van der Waals surface area contributed by atoms with Gasteiger partial charge < -0.3 is 16.2 Å². The minimum atomic E-state index is 0.0265. The van der Waals surface area contributed by atoms with Gasteiger partial charge in [-0.1, -0.05) is 0 Å². The van der Waals surface area contributed by atoms with Crippen LogP contribution < -0.4 is 11.5 Å². The average Bonchev–Trinajstić information content (AvgIpc) is 2.97. The first kappa shape index (κ1) is 11.5. The van der Waals surface area contributed by atoms with E-state index in [-0.39, 0.29) is 5.60 Å². The van der Waals surface area contributed by atoms with Crippen LogP contribution >= 0.6 is 0 Å². The summed E-state index contributed by atoms with van der Waals surface area (Å²) in [5, 5.41) is 0. The highest BCUT2D eigenvalue weighted by molar-refractivity contribution is 5.90. The standard InChI is InChI=1S/C20H18N2O/c21-9-3-8-4-11-12-5-10(22)7-14-17(12)16(8)13(6-9)18-19(14)20(18)15(11)1-2-23-20/h3,5-7,11,15,18-19H,1-2,4,21-22H2. The number of benzene rings is 2. The number of nitrogen functional groups attached to an aromatic ring is 2. The third kappa shape index (κ3) is 0.988. The molecule has 5 atom stereocenters. The monoisotopic (exact) mass is 302 g/mol. The molecule has 2 aromatic rings. The van der Waals surface area contributed by atoms with Crippen LogP contribution in [0.3, 0.4) is 0 Å². The van der Waals surface area contributed by atoms with Crippen LogP contribution in [-0.4, -0.2) is 12.2 Å². The second kappa shape index (κ2) is 3.13. The molecule has 114 valence electrons. The van der Waals surface area contributed by atoms with E-state index in [1.807, 2.05) is 0 Å². The summed E-state index contributed by atoms with van der Waals surface area (Å²) in [5.74, 6) is 2.17. The molecule has 5 bridgehead atoms. The number of hydrogen-bond acceptors (Lipinski definition) is 3. The number of fused-ring (bicyclic) bond motifs is 2. The molecule has 0 radical (unpaired) electrons. The van der Waals surface area contributed by atoms with Crippen molar-refractivity contribution in [2.45, 2.75) is 36.2 Å². The molecule has 3 nitrogen and oxygen atoms in total. The lowest BCUT2D eigenvalue weighted by Gasteiger charge is -2.38. The Kier molecular flexibility index (Phi) is 1.57. The van der Waals surface area contributed by atoms with Crippen molar-refractivity contribution in [3.8, 4) is 11.1 Å². The number of anilines is 2. The topological polar surface area (TPSA) is 61.3 Å². The molecule has 5 aliphatic rings. The molecule has 0 amide bonds. The molecular formula is C20H18N2O. The molecule has 1 saturated carbocycles. The van der Waals surface area contributed by atoms with E-state index in [0.717, 1.165) is 24.4 Å². The van der Waals surface area contributed by atoms with Gasteiger partial charge in [-0.25, -0.2) is 0 Å². The van der Waals surface area contributed by atoms with Crippen LogP contribution in [0.5, 0.6) is 0 Å². The summed E-state index contributed by atoms with van der Waals surface area (Å²) in [4.78, 5) is 0. The third-order valence-corrected chi connectivity index (χ3v) is 7.30. The Balaban J connectivity index is 1.72. The summed E-state index contributed by atoms with van der Waals surface area (Å²) in [6.45, 7) is 0.907. The Bertz CT molecular complexity index is 931. The fourth-order valence-corrected chi connectivity index (χ4v) is 6.79. The molecule has 0 aromatic heterocycles. The van der Waals surface area contributed by atoms with Crippen molar-refractivity contribution in [1.29, 1.82) is 0 Å². The predicted molar refractivity (Wildman–Crippen MR) is 89.4 cm³/mol. The van der Waals surface area contributed by atoms with Crippen LogP contribution in [0, 0.1) is 5.92 Å². The third-order valence-electron chi connectivity index (χ3n) is 7.30. The van der Waals surface area contributed by atoms with Gasteiger partial charge in [0.2, 0.25) is 0 Å². The van der Waals surface area contributed by atoms with Crippen molar-refractivity contribution in [2.24, 2.45) is 5.92 Å². The van der Waals surface area contributed by atoms with Crippen LogP contribution in [0.2, 0.25) is 0 Å². The van der Waals surface area contributed by atoms with E-state index < -0.39 is 0 Å². The Hall–Kier alpha value is -2.00. The van der Waals surface area contributed by atoms with Crippen molar-refractivity contribution >= 4 is 11.4 Å². The lowest BCUT2D eigenvalue weighted by atomic mass is 9.66. The fraction of sp³-hybridized carbons (Fsp3) is 0.400. The van der Waals surface area contributed by atoms with Gasteiger partial charge in [-0.2, -0.15) is 0 Å². The summed E-state index contributed by atoms with van der Waals surface area (Å²) in [5.41, 5.74) is 23.2. The minimum absolute atomic E-state index is 0.0265. The number of hydrogen-bond donors (Lipinski definition) is 2. The maximum absolute atomic E-state index is 6.50. The van der Waals surface area contributed by atoms with E-state index in [1.165, 1.54) is 39.8 Å². The molecule has 1 saturated heterocycles. The second-order valence-corrected chi connectivity index (χ2v) is 8.08. The fourth-order valence-electron chi connectivity index (χ4n) is 6.79. The Morgan fingerprint density at radius 3 is 2.43 bits per heavy atom. The molecular weight excluding hydrogens is 284 g/mol. The van der Waals surface area contributed by atoms with Gasteiger partial charge in [0.25, 0.3) is 0 Å². The summed E-state index contributed by atoms with van der Waals surface area (Å²) in [6, 6.07) is 8.89. The molecule has 3 heteroatoms. The van der Waals surface area contributed by atoms with Crippen LogP contribution in [0.15, 0.2) is 24.3 Å². The minimum Gasteiger partial charge on any atom is -0.399 e. The second-order valence-electron chi connectivity index (χ2n) is 8.08. The number of ether oxygens (including phenoxy) is 1. The Morgan fingerprint density at radius 1 is 0.913 bits per heavy atom. The molecule has 5 unspecified atom stereocenters. The van der Waals surface area contributed by atoms with Crippen LogP contribution in [0.25, 0.3) is 11.1 Å². The maximum atomic E-state index is 6.50. The van der Waals surface area contributed by atoms with Gasteiger partial charge in [0.1, 0.15) is 0 Å². The predicted octanol–water partition coefficient (Wildman–Crippen LogP) is 3.14. The van der Waals surface area contributed by atoms with Gasteiger partial charge in [0.05, 0.1) is 5.60 Å². The zero-order valence-electron chi connectivity index (χ0n) is 12.8. The van der Waals surface area contributed by atoms with E-state index in [1.54, 1.807) is 0 Å². The first-order valence-electron chi connectivity index (χ1n) is 8.70. The van der Waals surface area contributed by atoms with Crippen molar-refractivity contribution in [1.82, 2.24) is 0 Å². The molecule has 1 heterocycles. The Morgan fingerprint density at radius 2 is 1.61 bits per heavy atom. The number of rotatable bonds is 0. The summed E-state index contributed by atoms with van der Waals surface area (Å²) < 4.78 is 6.50. The van der Waals surface area contributed by atoms with Gasteiger partial charge in [-0.05, 0) is 82.3 Å². The smallest absolute Gasteiger partial charge is 0.0867 e. The zero-order valence-corrected chi connectivity index (χ0v) is 12.8.